The molecule has 0 heterocycles. The summed E-state index contributed by atoms with van der Waals surface area (Å²) in [6.07, 6.45) is -4.35. The average molecular weight is 332 g/mol. The molecule has 0 radical (unpaired) electrons. The molecule has 1 unspecified atom stereocenters. The van der Waals surface area contributed by atoms with Crippen LogP contribution in [0.1, 0.15) is 24.9 Å². The summed E-state index contributed by atoms with van der Waals surface area (Å²) in [5.41, 5.74) is -1.01. The third-order valence-electron chi connectivity index (χ3n) is 2.29. The lowest BCUT2D eigenvalue weighted by Crippen LogP contribution is -2.36. The van der Waals surface area contributed by atoms with Crippen LogP contribution < -0.4 is 5.32 Å². The predicted molar refractivity (Wildman–Crippen MR) is 61.1 cm³/mol. The van der Waals surface area contributed by atoms with Gasteiger partial charge in [-0.05, 0) is 41.0 Å². The van der Waals surface area contributed by atoms with E-state index in [9.17, 15) is 22.0 Å². The number of alkyl halides is 3. The number of benzene rings is 1. The maximum Gasteiger partial charge on any atom is 0.408 e. The molecule has 1 nitrogen and oxygen atoms in total. The van der Waals surface area contributed by atoms with Gasteiger partial charge in [-0.15, -0.1) is 0 Å². The third kappa shape index (κ3) is 3.41. The molecule has 0 amide bonds. The van der Waals surface area contributed by atoms with Crippen molar-refractivity contribution in [1.82, 2.24) is 5.32 Å². The number of hydrogen-bond donors (Lipinski definition) is 1. The van der Waals surface area contributed by atoms with Crippen molar-refractivity contribution in [2.75, 3.05) is 6.54 Å². The number of rotatable bonds is 4. The van der Waals surface area contributed by atoms with Crippen LogP contribution >= 0.6 is 15.9 Å². The van der Waals surface area contributed by atoms with Crippen LogP contribution in [0.2, 0.25) is 0 Å². The second kappa shape index (κ2) is 5.97. The minimum Gasteiger partial charge on any atom is -0.302 e. The van der Waals surface area contributed by atoms with Crippen LogP contribution in [0.4, 0.5) is 22.0 Å². The quantitative estimate of drug-likeness (QED) is 0.639. The minimum absolute atomic E-state index is 0.00949. The Balaban J connectivity index is 3.25. The summed E-state index contributed by atoms with van der Waals surface area (Å²) in [5.74, 6) is -2.46. The van der Waals surface area contributed by atoms with Gasteiger partial charge in [0.1, 0.15) is 17.7 Å². The summed E-state index contributed by atoms with van der Waals surface area (Å²) in [7, 11) is 0. The molecule has 0 aliphatic heterocycles. The SMILES string of the molecule is CCCNC(c1c(F)ccc(Br)c1F)C(F)(F)F. The molecule has 0 saturated carbocycles. The highest BCUT2D eigenvalue weighted by atomic mass is 79.9. The van der Waals surface area contributed by atoms with E-state index >= 15 is 0 Å². The lowest BCUT2D eigenvalue weighted by atomic mass is 10.0. The molecule has 1 atom stereocenters. The van der Waals surface area contributed by atoms with Crippen molar-refractivity contribution in [3.8, 4) is 0 Å². The van der Waals surface area contributed by atoms with Gasteiger partial charge >= 0.3 is 6.18 Å². The van der Waals surface area contributed by atoms with E-state index in [1.807, 2.05) is 0 Å². The van der Waals surface area contributed by atoms with Crippen LogP contribution in [0.3, 0.4) is 0 Å². The minimum atomic E-state index is -4.77. The van der Waals surface area contributed by atoms with Gasteiger partial charge in [0.15, 0.2) is 0 Å². The Hall–Kier alpha value is -0.690. The van der Waals surface area contributed by atoms with Crippen molar-refractivity contribution in [3.05, 3.63) is 33.8 Å². The van der Waals surface area contributed by atoms with Crippen LogP contribution in [0.25, 0.3) is 0 Å². The van der Waals surface area contributed by atoms with E-state index in [1.54, 1.807) is 6.92 Å². The highest BCUT2D eigenvalue weighted by Gasteiger charge is 2.43. The Bertz CT molecular complexity index is 419. The largest absolute Gasteiger partial charge is 0.408 e. The van der Waals surface area contributed by atoms with Gasteiger partial charge in [0.2, 0.25) is 0 Å². The summed E-state index contributed by atoms with van der Waals surface area (Å²) >= 11 is 2.75. The fourth-order valence-electron chi connectivity index (χ4n) is 1.48. The van der Waals surface area contributed by atoms with E-state index in [0.29, 0.717) is 6.42 Å². The van der Waals surface area contributed by atoms with Gasteiger partial charge in [0.05, 0.1) is 10.0 Å². The lowest BCUT2D eigenvalue weighted by molar-refractivity contribution is -0.159. The molecule has 1 aromatic carbocycles. The topological polar surface area (TPSA) is 12.0 Å². The molecular formula is C11H11BrF5N. The van der Waals surface area contributed by atoms with Crippen molar-refractivity contribution in [1.29, 1.82) is 0 Å². The molecule has 0 spiro atoms. The van der Waals surface area contributed by atoms with E-state index in [4.69, 9.17) is 0 Å². The van der Waals surface area contributed by atoms with E-state index in [1.165, 1.54) is 0 Å². The van der Waals surface area contributed by atoms with Crippen LogP contribution in [0.15, 0.2) is 16.6 Å². The number of nitrogens with one attached hydrogen (secondary N) is 1. The molecule has 7 heteroatoms. The first-order valence-corrected chi connectivity index (χ1v) is 6.01. The van der Waals surface area contributed by atoms with Gasteiger partial charge in [-0.1, -0.05) is 6.92 Å². The normalized spacial score (nSPS) is 13.7. The highest BCUT2D eigenvalue weighted by molar-refractivity contribution is 9.10. The van der Waals surface area contributed by atoms with E-state index in [-0.39, 0.29) is 11.0 Å². The molecule has 0 bridgehead atoms. The molecule has 1 N–H and O–H groups in total. The molecule has 0 aromatic heterocycles. The molecule has 0 aliphatic carbocycles. The molecule has 0 fully saturated rings. The van der Waals surface area contributed by atoms with Crippen molar-refractivity contribution in [2.24, 2.45) is 0 Å². The van der Waals surface area contributed by atoms with Gasteiger partial charge in [0, 0.05) is 0 Å². The third-order valence-corrected chi connectivity index (χ3v) is 2.91. The van der Waals surface area contributed by atoms with Crippen molar-refractivity contribution in [3.63, 3.8) is 0 Å². The Kier molecular flexibility index (Phi) is 5.10. The summed E-state index contributed by atoms with van der Waals surface area (Å²) in [6.45, 7) is 1.67. The zero-order valence-corrected chi connectivity index (χ0v) is 11.0. The van der Waals surface area contributed by atoms with Crippen LogP contribution in [-0.4, -0.2) is 12.7 Å². The predicted octanol–water partition coefficient (Wildman–Crippen LogP) is 4.33. The maximum absolute atomic E-state index is 13.6. The Labute approximate surface area is 110 Å². The zero-order chi connectivity index (χ0) is 13.9. The molecule has 18 heavy (non-hydrogen) atoms. The monoisotopic (exact) mass is 331 g/mol. The van der Waals surface area contributed by atoms with E-state index < -0.39 is 29.4 Å². The first kappa shape index (κ1) is 15.4. The summed E-state index contributed by atoms with van der Waals surface area (Å²) in [5, 5.41) is 2.11. The van der Waals surface area contributed by atoms with Crippen molar-refractivity contribution in [2.45, 2.75) is 25.6 Å². The zero-order valence-electron chi connectivity index (χ0n) is 9.41. The lowest BCUT2D eigenvalue weighted by Gasteiger charge is -2.23. The Morgan fingerprint density at radius 2 is 1.89 bits per heavy atom. The summed E-state index contributed by atoms with van der Waals surface area (Å²) in [6, 6.07) is -0.522. The molecule has 102 valence electrons. The van der Waals surface area contributed by atoms with Crippen LogP contribution in [-0.2, 0) is 0 Å². The first-order chi connectivity index (χ1) is 8.29. The smallest absolute Gasteiger partial charge is 0.302 e. The van der Waals surface area contributed by atoms with Crippen molar-refractivity contribution < 1.29 is 22.0 Å². The maximum atomic E-state index is 13.6. The van der Waals surface area contributed by atoms with Crippen LogP contribution in [0, 0.1) is 11.6 Å². The van der Waals surface area contributed by atoms with Gasteiger partial charge in [-0.2, -0.15) is 13.2 Å². The second-order valence-corrected chi connectivity index (χ2v) is 4.54. The summed E-state index contributed by atoms with van der Waals surface area (Å²) < 4.78 is 65.3. The van der Waals surface area contributed by atoms with Gasteiger partial charge in [0.25, 0.3) is 0 Å². The molecule has 1 aromatic rings. The van der Waals surface area contributed by atoms with E-state index in [2.05, 4.69) is 21.2 Å². The number of hydrogen-bond acceptors (Lipinski definition) is 1. The number of halogens is 6. The Morgan fingerprint density at radius 3 is 2.39 bits per heavy atom. The molecule has 1 rings (SSSR count). The fraction of sp³-hybridized carbons (Fsp3) is 0.455. The average Bonchev–Trinajstić information content (AvgIpc) is 2.27. The first-order valence-electron chi connectivity index (χ1n) is 5.22. The van der Waals surface area contributed by atoms with Crippen LogP contribution in [0.5, 0.6) is 0 Å². The Morgan fingerprint density at radius 1 is 1.28 bits per heavy atom. The van der Waals surface area contributed by atoms with Gasteiger partial charge < -0.3 is 5.32 Å². The second-order valence-electron chi connectivity index (χ2n) is 3.69. The highest BCUT2D eigenvalue weighted by Crippen LogP contribution is 2.37. The standard InChI is InChI=1S/C11H11BrF5N/c1-2-5-18-10(11(15,16)17)8-7(13)4-3-6(12)9(8)14/h3-4,10,18H,2,5H2,1H3. The van der Waals surface area contributed by atoms with Crippen molar-refractivity contribution >= 4 is 15.9 Å². The summed E-state index contributed by atoms with van der Waals surface area (Å²) in [4.78, 5) is 0. The molecular weight excluding hydrogens is 321 g/mol. The van der Waals surface area contributed by atoms with E-state index in [0.717, 1.165) is 12.1 Å². The van der Waals surface area contributed by atoms with Gasteiger partial charge in [-0.3, -0.25) is 0 Å². The van der Waals surface area contributed by atoms with Gasteiger partial charge in [-0.25, -0.2) is 8.78 Å². The molecule has 0 aliphatic rings. The fourth-order valence-corrected chi connectivity index (χ4v) is 1.82. The molecule has 0 saturated heterocycles.